The van der Waals surface area contributed by atoms with Crippen LogP contribution in [0.25, 0.3) is 0 Å². The first-order chi connectivity index (χ1) is 25.0. The van der Waals surface area contributed by atoms with Crippen molar-refractivity contribution in [3.8, 4) is 0 Å². The van der Waals surface area contributed by atoms with Crippen molar-refractivity contribution >= 4 is 42.0 Å². The van der Waals surface area contributed by atoms with Gasteiger partial charge in [-0.25, -0.2) is 4.79 Å². The molecule has 14 nitrogen and oxygen atoms in total. The molecule has 1 saturated heterocycles. The van der Waals surface area contributed by atoms with Crippen molar-refractivity contribution in [2.45, 2.75) is 96.0 Å². The van der Waals surface area contributed by atoms with Crippen LogP contribution in [0.1, 0.15) is 69.9 Å². The minimum atomic E-state index is -1.08. The van der Waals surface area contributed by atoms with Gasteiger partial charge in [-0.15, -0.1) is 0 Å². The van der Waals surface area contributed by atoms with E-state index in [2.05, 4.69) is 26.0 Å². The maximum Gasteiger partial charge on any atom is 0.407 e. The Kier molecular flexibility index (Phi) is 17.3. The molecule has 2 aromatic carbocycles. The molecule has 4 atom stereocenters. The number of amides is 5. The molecule has 5 amide bonds. The van der Waals surface area contributed by atoms with Crippen molar-refractivity contribution in [1.29, 1.82) is 0 Å². The van der Waals surface area contributed by atoms with Gasteiger partial charge >= 0.3 is 12.1 Å². The lowest BCUT2D eigenvalue weighted by atomic mass is 10.0. The number of esters is 1. The summed E-state index contributed by atoms with van der Waals surface area (Å²) >= 11 is 0. The minimum Gasteiger partial charge on any atom is -0.469 e. The van der Waals surface area contributed by atoms with Gasteiger partial charge in [-0.1, -0.05) is 74.5 Å². The van der Waals surface area contributed by atoms with E-state index in [1.165, 1.54) is 12.0 Å². The molecule has 2 aromatic rings. The summed E-state index contributed by atoms with van der Waals surface area (Å²) in [5.41, 5.74) is 1.62. The molecule has 0 bridgehead atoms. The smallest absolute Gasteiger partial charge is 0.407 e. The molecule has 0 aromatic heterocycles. The summed E-state index contributed by atoms with van der Waals surface area (Å²) < 4.78 is 9.86. The van der Waals surface area contributed by atoms with E-state index in [-0.39, 0.29) is 44.8 Å². The van der Waals surface area contributed by atoms with Crippen LogP contribution in [0, 0.1) is 5.92 Å². The minimum absolute atomic E-state index is 0.120. The predicted molar refractivity (Wildman–Crippen MR) is 191 cm³/mol. The van der Waals surface area contributed by atoms with Crippen molar-refractivity contribution in [3.05, 3.63) is 71.8 Å². The van der Waals surface area contributed by atoms with E-state index in [1.54, 1.807) is 0 Å². The zero-order chi connectivity index (χ0) is 37.9. The molecule has 4 N–H and O–H groups in total. The van der Waals surface area contributed by atoms with Gasteiger partial charge in [-0.05, 0) is 49.1 Å². The number of hydrogen-bond donors (Lipinski definition) is 4. The molecule has 0 aliphatic carbocycles. The standard InChI is InChI=1S/C38H51N5O9/c1-26(2)31(24-44)42-36(48)32-18-12-22-43(32)37(49)30(23-27-13-6-4-7-14-27)41-35(47)29(40-33(45)19-20-34(46)51-3)17-10-11-21-39-38(50)52-25-28-15-8-5-9-16-28/h4-9,13-16,24,26,29-32H,10-12,17-23,25H2,1-3H3,(H,39,50)(H,40,45)(H,41,47)(H,42,48)/t29-,30-,31+,32-/m0/s1. The fourth-order valence-electron chi connectivity index (χ4n) is 5.73. The number of benzene rings is 2. The van der Waals surface area contributed by atoms with Gasteiger partial charge in [0, 0.05) is 25.9 Å². The van der Waals surface area contributed by atoms with Crippen molar-refractivity contribution in [2.24, 2.45) is 5.92 Å². The number of aldehydes is 1. The first kappa shape index (κ1) is 41.2. The summed E-state index contributed by atoms with van der Waals surface area (Å²) in [5.74, 6) is -2.78. The molecule has 0 radical (unpaired) electrons. The Morgan fingerprint density at radius 1 is 0.865 bits per heavy atom. The molecule has 1 fully saturated rings. The van der Waals surface area contributed by atoms with Crippen molar-refractivity contribution < 1.29 is 43.0 Å². The predicted octanol–water partition coefficient (Wildman–Crippen LogP) is 2.58. The van der Waals surface area contributed by atoms with E-state index in [0.717, 1.165) is 11.1 Å². The zero-order valence-corrected chi connectivity index (χ0v) is 30.1. The maximum absolute atomic E-state index is 14.1. The van der Waals surface area contributed by atoms with Crippen LogP contribution in [-0.4, -0.2) is 91.2 Å². The third kappa shape index (κ3) is 13.8. The molecule has 1 heterocycles. The van der Waals surface area contributed by atoms with Gasteiger partial charge in [-0.3, -0.25) is 24.0 Å². The lowest BCUT2D eigenvalue weighted by molar-refractivity contribution is -0.143. The summed E-state index contributed by atoms with van der Waals surface area (Å²) in [6, 6.07) is 14.7. The number of carbonyl (C=O) groups is 7. The number of alkyl carbamates (subject to hydrolysis) is 1. The molecule has 0 spiro atoms. The van der Waals surface area contributed by atoms with Crippen LogP contribution in [0.2, 0.25) is 0 Å². The SMILES string of the molecule is COC(=O)CCC(=O)N[C@@H](CCCCNC(=O)OCc1ccccc1)C(=O)N[C@@H](Cc1ccccc1)C(=O)N1CCC[C@H]1C(=O)N[C@H](C=O)C(C)C. The second-order valence-electron chi connectivity index (χ2n) is 13.0. The van der Waals surface area contributed by atoms with Gasteiger partial charge in [0.15, 0.2) is 0 Å². The monoisotopic (exact) mass is 721 g/mol. The fraction of sp³-hybridized carbons (Fsp3) is 0.500. The van der Waals surface area contributed by atoms with E-state index in [0.29, 0.717) is 38.5 Å². The summed E-state index contributed by atoms with van der Waals surface area (Å²) in [5, 5.41) is 10.9. The lowest BCUT2D eigenvalue weighted by Crippen LogP contribution is -2.58. The van der Waals surface area contributed by atoms with Crippen LogP contribution in [0.3, 0.4) is 0 Å². The van der Waals surface area contributed by atoms with Crippen LogP contribution < -0.4 is 21.3 Å². The van der Waals surface area contributed by atoms with Crippen LogP contribution in [-0.2, 0) is 51.3 Å². The lowest BCUT2D eigenvalue weighted by Gasteiger charge is -2.30. The van der Waals surface area contributed by atoms with E-state index < -0.39 is 59.9 Å². The molecule has 1 aliphatic rings. The highest BCUT2D eigenvalue weighted by molar-refractivity contribution is 5.95. The summed E-state index contributed by atoms with van der Waals surface area (Å²) in [4.78, 5) is 90.9. The van der Waals surface area contributed by atoms with Gasteiger partial charge in [-0.2, -0.15) is 0 Å². The topological polar surface area (TPSA) is 189 Å². The van der Waals surface area contributed by atoms with Gasteiger partial charge in [0.05, 0.1) is 19.6 Å². The molecule has 3 rings (SSSR count). The molecule has 0 saturated carbocycles. The van der Waals surface area contributed by atoms with Crippen molar-refractivity contribution in [2.75, 3.05) is 20.2 Å². The Morgan fingerprint density at radius 3 is 2.17 bits per heavy atom. The van der Waals surface area contributed by atoms with Crippen LogP contribution >= 0.6 is 0 Å². The van der Waals surface area contributed by atoms with Crippen LogP contribution in [0.5, 0.6) is 0 Å². The van der Waals surface area contributed by atoms with Crippen molar-refractivity contribution in [1.82, 2.24) is 26.2 Å². The molecular weight excluding hydrogens is 670 g/mol. The average Bonchev–Trinajstić information content (AvgIpc) is 3.65. The Morgan fingerprint density at radius 2 is 1.54 bits per heavy atom. The zero-order valence-electron chi connectivity index (χ0n) is 30.1. The molecule has 14 heteroatoms. The second-order valence-corrected chi connectivity index (χ2v) is 13.0. The molecule has 1 aliphatic heterocycles. The number of hydrogen-bond acceptors (Lipinski definition) is 9. The highest BCUT2D eigenvalue weighted by Gasteiger charge is 2.39. The maximum atomic E-state index is 14.1. The average molecular weight is 722 g/mol. The largest absolute Gasteiger partial charge is 0.469 e. The number of nitrogens with zero attached hydrogens (tertiary/aromatic N) is 1. The molecule has 282 valence electrons. The molecule has 0 unspecified atom stereocenters. The van der Waals surface area contributed by atoms with Crippen molar-refractivity contribution in [3.63, 3.8) is 0 Å². The molecular formula is C38H51N5O9. The van der Waals surface area contributed by atoms with Gasteiger partial charge in [0.25, 0.3) is 0 Å². The third-order valence-corrected chi connectivity index (χ3v) is 8.75. The Balaban J connectivity index is 1.70. The van der Waals surface area contributed by atoms with Gasteiger partial charge < -0.3 is 40.4 Å². The van der Waals surface area contributed by atoms with E-state index in [9.17, 15) is 33.6 Å². The highest BCUT2D eigenvalue weighted by Crippen LogP contribution is 2.21. The number of rotatable bonds is 20. The fourth-order valence-corrected chi connectivity index (χ4v) is 5.73. The van der Waals surface area contributed by atoms with Crippen LogP contribution in [0.15, 0.2) is 60.7 Å². The highest BCUT2D eigenvalue weighted by atomic mass is 16.5. The number of methoxy groups -OCH3 is 1. The normalized spacial score (nSPS) is 15.5. The number of carbonyl (C=O) groups excluding carboxylic acids is 7. The van der Waals surface area contributed by atoms with E-state index in [4.69, 9.17) is 4.74 Å². The first-order valence-corrected chi connectivity index (χ1v) is 17.7. The Bertz CT molecular complexity index is 1490. The molecule has 52 heavy (non-hydrogen) atoms. The Labute approximate surface area is 304 Å². The third-order valence-electron chi connectivity index (χ3n) is 8.75. The summed E-state index contributed by atoms with van der Waals surface area (Å²) in [7, 11) is 1.21. The van der Waals surface area contributed by atoms with Gasteiger partial charge in [0.2, 0.25) is 23.6 Å². The number of nitrogens with one attached hydrogen (secondary N) is 4. The summed E-state index contributed by atoms with van der Waals surface area (Å²) in [6.07, 6.45) is 1.82. The summed E-state index contributed by atoms with van der Waals surface area (Å²) in [6.45, 7) is 4.29. The number of unbranched alkanes of at least 4 members (excludes halogenated alkanes) is 1. The van der Waals surface area contributed by atoms with E-state index in [1.807, 2.05) is 74.5 Å². The quantitative estimate of drug-likeness (QED) is 0.0905. The van der Waals surface area contributed by atoms with E-state index >= 15 is 0 Å². The number of ether oxygens (including phenoxy) is 2. The number of likely N-dealkylation sites (tertiary alicyclic amines) is 1. The Hall–Kier alpha value is -5.27. The van der Waals surface area contributed by atoms with Gasteiger partial charge in [0.1, 0.15) is 31.0 Å². The second kappa shape index (κ2) is 21.8. The van der Waals surface area contributed by atoms with Crippen LogP contribution in [0.4, 0.5) is 4.79 Å². The first-order valence-electron chi connectivity index (χ1n) is 17.7.